The number of fused-ring (bicyclic) bond motifs is 5. The lowest BCUT2D eigenvalue weighted by atomic mass is 9.83. The van der Waals surface area contributed by atoms with E-state index in [1.807, 2.05) is 43.3 Å². The molecule has 2 aromatic heterocycles. The first kappa shape index (κ1) is 23.0. The second-order valence-electron chi connectivity index (χ2n) is 10.3. The van der Waals surface area contributed by atoms with Crippen LogP contribution in [0.15, 0.2) is 41.2 Å². The van der Waals surface area contributed by atoms with Crippen LogP contribution in [0.25, 0.3) is 33.3 Å². The Kier molecular flexibility index (Phi) is 5.89. The predicted molar refractivity (Wildman–Crippen MR) is 143 cm³/mol. The molecule has 0 spiro atoms. The van der Waals surface area contributed by atoms with Crippen molar-refractivity contribution in [1.29, 1.82) is 0 Å². The van der Waals surface area contributed by atoms with Gasteiger partial charge in [-0.3, -0.25) is 4.79 Å². The molecule has 7 rings (SSSR count). The Bertz CT molecular complexity index is 1440. The molecule has 3 fully saturated rings. The number of para-hydroxylation sites is 2. The van der Waals surface area contributed by atoms with Crippen LogP contribution in [0.4, 0.5) is 15.8 Å². The summed E-state index contributed by atoms with van der Waals surface area (Å²) in [6, 6.07) is 11.1. The van der Waals surface area contributed by atoms with Gasteiger partial charge in [-0.1, -0.05) is 12.1 Å². The molecule has 2 aromatic carbocycles. The summed E-state index contributed by atoms with van der Waals surface area (Å²) in [5.74, 6) is 0.669. The lowest BCUT2D eigenvalue weighted by molar-refractivity contribution is 0.0976. The summed E-state index contributed by atoms with van der Waals surface area (Å²) in [6.07, 6.45) is 2.26. The molecule has 36 heavy (non-hydrogen) atoms. The highest BCUT2D eigenvalue weighted by Crippen LogP contribution is 2.37. The van der Waals surface area contributed by atoms with Crippen molar-refractivity contribution in [3.8, 4) is 11.4 Å². The van der Waals surface area contributed by atoms with Crippen molar-refractivity contribution < 1.29 is 4.39 Å². The number of piperidine rings is 3. The highest BCUT2D eigenvalue weighted by molar-refractivity contribution is 6.00. The molecule has 5 heterocycles. The van der Waals surface area contributed by atoms with Crippen molar-refractivity contribution in [1.82, 2.24) is 24.8 Å². The van der Waals surface area contributed by atoms with Gasteiger partial charge in [-0.2, -0.15) is 0 Å². The smallest absolute Gasteiger partial charge is 0.261 e. The number of imidazole rings is 1. The van der Waals surface area contributed by atoms with Gasteiger partial charge in [0.25, 0.3) is 5.56 Å². The molecule has 9 heteroatoms. The Balaban J connectivity index is 1.48. The number of hydrogen-bond donors (Lipinski definition) is 4. The molecule has 0 unspecified atom stereocenters. The average Bonchev–Trinajstić information content (AvgIpc) is 3.29. The number of nitrogens with zero attached hydrogens (tertiary/aromatic N) is 3. The molecule has 0 amide bonds. The van der Waals surface area contributed by atoms with Crippen LogP contribution in [0.1, 0.15) is 12.8 Å². The minimum atomic E-state index is -0.346. The molecule has 0 saturated carbocycles. The Morgan fingerprint density at radius 1 is 1.14 bits per heavy atom. The minimum absolute atomic E-state index is 0.196. The van der Waals surface area contributed by atoms with E-state index in [4.69, 9.17) is 4.98 Å². The van der Waals surface area contributed by atoms with Crippen LogP contribution in [-0.4, -0.2) is 77.6 Å². The topological polar surface area (TPSA) is 92.1 Å². The van der Waals surface area contributed by atoms with E-state index in [1.54, 1.807) is 6.07 Å². The number of aromatic amines is 2. The molecular weight excluding hydrogens is 457 g/mol. The third-order valence-electron chi connectivity index (χ3n) is 7.59. The molecule has 1 atom stereocenters. The van der Waals surface area contributed by atoms with Gasteiger partial charge < -0.3 is 30.4 Å². The number of rotatable bonds is 7. The SMILES string of the molecule is CN(C)CCNc1cc2[nH]c(=O)c(-c3nc4ccccc4[nH]3)c(N[C@H]3CN4CCC3CC4)c2cc1F. The van der Waals surface area contributed by atoms with Crippen LogP contribution in [0, 0.1) is 11.7 Å². The van der Waals surface area contributed by atoms with E-state index in [2.05, 4.69) is 25.5 Å². The normalized spacial score (nSPS) is 21.5. The number of nitrogens with one attached hydrogen (secondary N) is 4. The fraction of sp³-hybridized carbons (Fsp3) is 0.407. The maximum atomic E-state index is 15.3. The summed E-state index contributed by atoms with van der Waals surface area (Å²) in [4.78, 5) is 29.0. The zero-order valence-corrected chi connectivity index (χ0v) is 20.7. The maximum absolute atomic E-state index is 15.3. The Hall–Kier alpha value is -3.43. The van der Waals surface area contributed by atoms with Crippen molar-refractivity contribution in [3.05, 3.63) is 52.6 Å². The van der Waals surface area contributed by atoms with E-state index < -0.39 is 0 Å². The summed E-state index contributed by atoms with van der Waals surface area (Å²) in [5, 5.41) is 7.51. The monoisotopic (exact) mass is 489 g/mol. The molecule has 4 aromatic rings. The zero-order valence-electron chi connectivity index (χ0n) is 20.7. The van der Waals surface area contributed by atoms with Crippen LogP contribution in [0.3, 0.4) is 0 Å². The fourth-order valence-corrected chi connectivity index (χ4v) is 5.63. The first-order chi connectivity index (χ1) is 17.5. The maximum Gasteiger partial charge on any atom is 0.261 e. The quantitative estimate of drug-likeness (QED) is 0.317. The zero-order chi connectivity index (χ0) is 24.8. The summed E-state index contributed by atoms with van der Waals surface area (Å²) in [7, 11) is 3.95. The van der Waals surface area contributed by atoms with Gasteiger partial charge in [0.2, 0.25) is 0 Å². The Morgan fingerprint density at radius 2 is 1.94 bits per heavy atom. The van der Waals surface area contributed by atoms with Crippen molar-refractivity contribution >= 4 is 33.3 Å². The number of benzene rings is 2. The fourth-order valence-electron chi connectivity index (χ4n) is 5.63. The van der Waals surface area contributed by atoms with Crippen molar-refractivity contribution in [2.75, 3.05) is 57.5 Å². The van der Waals surface area contributed by atoms with Crippen molar-refractivity contribution in [2.45, 2.75) is 18.9 Å². The summed E-state index contributed by atoms with van der Waals surface area (Å²) < 4.78 is 15.3. The van der Waals surface area contributed by atoms with Gasteiger partial charge in [-0.05, 0) is 70.2 Å². The van der Waals surface area contributed by atoms with Gasteiger partial charge in [0.1, 0.15) is 17.2 Å². The summed E-state index contributed by atoms with van der Waals surface area (Å²) in [5.41, 5.74) is 3.42. The van der Waals surface area contributed by atoms with Gasteiger partial charge in [0, 0.05) is 31.1 Å². The molecule has 4 N–H and O–H groups in total. The van der Waals surface area contributed by atoms with Crippen molar-refractivity contribution in [3.63, 3.8) is 0 Å². The Morgan fingerprint density at radius 3 is 2.67 bits per heavy atom. The second-order valence-corrected chi connectivity index (χ2v) is 10.3. The second kappa shape index (κ2) is 9.22. The van der Waals surface area contributed by atoms with E-state index in [0.29, 0.717) is 46.1 Å². The number of halogens is 1. The lowest BCUT2D eigenvalue weighted by Crippen LogP contribution is -2.53. The number of anilines is 2. The molecule has 0 radical (unpaired) electrons. The molecule has 3 aliphatic heterocycles. The molecule has 0 aliphatic carbocycles. The van der Waals surface area contributed by atoms with Gasteiger partial charge in [-0.25, -0.2) is 9.37 Å². The van der Waals surface area contributed by atoms with Crippen LogP contribution < -0.4 is 16.2 Å². The van der Waals surface area contributed by atoms with Gasteiger partial charge in [0.05, 0.1) is 27.9 Å². The van der Waals surface area contributed by atoms with E-state index in [1.165, 1.54) is 6.07 Å². The number of pyridine rings is 1. The van der Waals surface area contributed by atoms with E-state index >= 15 is 4.39 Å². The van der Waals surface area contributed by atoms with Crippen LogP contribution >= 0.6 is 0 Å². The minimum Gasteiger partial charge on any atom is -0.381 e. The number of likely N-dealkylation sites (N-methyl/N-ethyl adjacent to an activating group) is 1. The standard InChI is InChI=1S/C27H32FN7O/c1-34(2)12-9-29-22-14-21-17(13-18(22)28)25(30-23-15-35-10-7-16(23)8-11-35)24(27(36)33-21)26-31-19-5-3-4-6-20(19)32-26/h3-6,13-14,16,23,29H,7-12,15H2,1-2H3,(H,31,32)(H2,30,33,36)/t23-/m0/s1. The lowest BCUT2D eigenvalue weighted by Gasteiger charge is -2.45. The van der Waals surface area contributed by atoms with Crippen molar-refractivity contribution in [2.24, 2.45) is 5.92 Å². The molecule has 2 bridgehead atoms. The van der Waals surface area contributed by atoms with E-state index in [9.17, 15) is 4.79 Å². The van der Waals surface area contributed by atoms with Gasteiger partial charge in [0.15, 0.2) is 0 Å². The van der Waals surface area contributed by atoms with Crippen LogP contribution in [0.5, 0.6) is 0 Å². The number of hydrogen-bond acceptors (Lipinski definition) is 6. The first-order valence-electron chi connectivity index (χ1n) is 12.7. The van der Waals surface area contributed by atoms with Gasteiger partial charge in [-0.15, -0.1) is 0 Å². The summed E-state index contributed by atoms with van der Waals surface area (Å²) in [6.45, 7) is 4.52. The molecule has 8 nitrogen and oxygen atoms in total. The first-order valence-corrected chi connectivity index (χ1v) is 12.7. The summed E-state index contributed by atoms with van der Waals surface area (Å²) >= 11 is 0. The predicted octanol–water partition coefficient (Wildman–Crippen LogP) is 3.69. The Labute approximate surface area is 208 Å². The van der Waals surface area contributed by atoms with E-state index in [0.717, 1.165) is 50.1 Å². The number of aromatic nitrogens is 3. The largest absolute Gasteiger partial charge is 0.381 e. The molecule has 3 aliphatic rings. The van der Waals surface area contributed by atoms with E-state index in [-0.39, 0.29) is 17.4 Å². The highest BCUT2D eigenvalue weighted by Gasteiger charge is 2.35. The number of H-pyrrole nitrogens is 2. The average molecular weight is 490 g/mol. The molecule has 3 saturated heterocycles. The molecule has 188 valence electrons. The van der Waals surface area contributed by atoms with Gasteiger partial charge >= 0.3 is 0 Å². The van der Waals surface area contributed by atoms with Crippen LogP contribution in [-0.2, 0) is 0 Å². The third-order valence-corrected chi connectivity index (χ3v) is 7.59. The third kappa shape index (κ3) is 4.22. The highest BCUT2D eigenvalue weighted by atomic mass is 19.1. The molecular formula is C27H32FN7O. The van der Waals surface area contributed by atoms with Crippen LogP contribution in [0.2, 0.25) is 0 Å².